The molecule has 0 N–H and O–H groups in total. The van der Waals surface area contributed by atoms with Gasteiger partial charge in [-0.1, -0.05) is 29.8 Å². The Kier molecular flexibility index (Phi) is 1.40. The Bertz CT molecular complexity index is 431. The first-order valence-corrected chi connectivity index (χ1v) is 4.03. The summed E-state index contributed by atoms with van der Waals surface area (Å²) in [4.78, 5) is 11.1. The molecular weight excluding hydrogens is 148 g/mol. The van der Waals surface area contributed by atoms with E-state index in [0.29, 0.717) is 0 Å². The molecule has 0 amide bonds. The van der Waals surface area contributed by atoms with Crippen LogP contribution >= 0.6 is 0 Å². The van der Waals surface area contributed by atoms with Crippen molar-refractivity contribution in [2.24, 2.45) is 0 Å². The van der Waals surface area contributed by atoms with Crippen LogP contribution in [0.3, 0.4) is 0 Å². The SMILES string of the molecule is Cc1cccc(-c2c(C)c2=O)c1. The lowest BCUT2D eigenvalue weighted by Crippen LogP contribution is -1.78. The Hall–Kier alpha value is -1.37. The number of hydrogen-bond acceptors (Lipinski definition) is 1. The molecule has 2 rings (SSSR count). The van der Waals surface area contributed by atoms with Crippen LogP contribution in [0.15, 0.2) is 29.1 Å². The largest absolute Gasteiger partial charge is 0.289 e. The highest BCUT2D eigenvalue weighted by Gasteiger charge is 2.18. The molecule has 0 spiro atoms. The summed E-state index contributed by atoms with van der Waals surface area (Å²) in [6.07, 6.45) is 0. The number of aryl methyl sites for hydroxylation is 1. The van der Waals surface area contributed by atoms with Gasteiger partial charge >= 0.3 is 0 Å². The van der Waals surface area contributed by atoms with Crippen molar-refractivity contribution in [3.63, 3.8) is 0 Å². The van der Waals surface area contributed by atoms with Gasteiger partial charge in [-0.05, 0) is 19.4 Å². The highest BCUT2D eigenvalue weighted by molar-refractivity contribution is 5.75. The summed E-state index contributed by atoms with van der Waals surface area (Å²) in [5.41, 5.74) is 4.32. The van der Waals surface area contributed by atoms with Crippen molar-refractivity contribution >= 4 is 0 Å². The molecule has 1 nitrogen and oxygen atoms in total. The maximum Gasteiger partial charge on any atom is 0.190 e. The normalized spacial score (nSPS) is 10.8. The van der Waals surface area contributed by atoms with Crippen LogP contribution in [-0.2, 0) is 0 Å². The van der Waals surface area contributed by atoms with Gasteiger partial charge in [-0.15, -0.1) is 0 Å². The van der Waals surface area contributed by atoms with Gasteiger partial charge in [-0.3, -0.25) is 4.79 Å². The van der Waals surface area contributed by atoms with Crippen molar-refractivity contribution in [3.05, 3.63) is 45.6 Å². The molecule has 0 fully saturated rings. The minimum absolute atomic E-state index is 0.223. The summed E-state index contributed by atoms with van der Waals surface area (Å²) in [5.74, 6) is 0. The summed E-state index contributed by atoms with van der Waals surface area (Å²) < 4.78 is 0. The van der Waals surface area contributed by atoms with E-state index in [1.165, 1.54) is 5.56 Å². The van der Waals surface area contributed by atoms with Gasteiger partial charge in [0.05, 0.1) is 0 Å². The maximum atomic E-state index is 11.1. The molecular formula is C11H10O. The van der Waals surface area contributed by atoms with Crippen molar-refractivity contribution < 1.29 is 0 Å². The zero-order chi connectivity index (χ0) is 8.72. The molecule has 0 bridgehead atoms. The molecule has 12 heavy (non-hydrogen) atoms. The van der Waals surface area contributed by atoms with Gasteiger partial charge in [-0.25, -0.2) is 0 Å². The van der Waals surface area contributed by atoms with E-state index < -0.39 is 0 Å². The second-order valence-electron chi connectivity index (χ2n) is 3.20. The maximum absolute atomic E-state index is 11.1. The van der Waals surface area contributed by atoms with E-state index in [-0.39, 0.29) is 5.43 Å². The van der Waals surface area contributed by atoms with Gasteiger partial charge in [0.2, 0.25) is 0 Å². The topological polar surface area (TPSA) is 17.1 Å². The minimum atomic E-state index is 0.223. The summed E-state index contributed by atoms with van der Waals surface area (Å²) in [6, 6.07) is 8.04. The van der Waals surface area contributed by atoms with Crippen molar-refractivity contribution in [2.75, 3.05) is 0 Å². The molecule has 0 aliphatic carbocycles. The van der Waals surface area contributed by atoms with Crippen LogP contribution in [0.25, 0.3) is 11.1 Å². The highest BCUT2D eigenvalue weighted by Crippen LogP contribution is 2.24. The van der Waals surface area contributed by atoms with E-state index in [2.05, 4.69) is 0 Å². The molecule has 60 valence electrons. The number of benzene rings is 1. The van der Waals surface area contributed by atoms with Gasteiger partial charge < -0.3 is 0 Å². The quantitative estimate of drug-likeness (QED) is 0.621. The molecule has 0 aliphatic rings. The Balaban J connectivity index is 2.50. The minimum Gasteiger partial charge on any atom is -0.289 e. The summed E-state index contributed by atoms with van der Waals surface area (Å²) >= 11 is 0. The van der Waals surface area contributed by atoms with E-state index in [4.69, 9.17) is 0 Å². The first kappa shape index (κ1) is 7.29. The van der Waals surface area contributed by atoms with Crippen LogP contribution in [-0.4, -0.2) is 0 Å². The van der Waals surface area contributed by atoms with Crippen LogP contribution in [0, 0.1) is 13.8 Å². The van der Waals surface area contributed by atoms with Crippen LogP contribution in [0.5, 0.6) is 0 Å². The van der Waals surface area contributed by atoms with E-state index in [1.54, 1.807) is 0 Å². The molecule has 0 heterocycles. The van der Waals surface area contributed by atoms with Crippen molar-refractivity contribution in [3.8, 4) is 11.1 Å². The number of rotatable bonds is 1. The molecule has 0 aliphatic heterocycles. The van der Waals surface area contributed by atoms with Crippen LogP contribution in [0.1, 0.15) is 11.1 Å². The third kappa shape index (κ3) is 0.981. The second-order valence-corrected chi connectivity index (χ2v) is 3.20. The van der Waals surface area contributed by atoms with Crippen LogP contribution in [0.4, 0.5) is 0 Å². The predicted octanol–water partition coefficient (Wildman–Crippen LogP) is 2.21. The second kappa shape index (κ2) is 2.31. The Morgan fingerprint density at radius 1 is 1.17 bits per heavy atom. The van der Waals surface area contributed by atoms with Gasteiger partial charge in [0.15, 0.2) is 5.43 Å². The molecule has 2 aromatic carbocycles. The molecule has 0 aromatic heterocycles. The van der Waals surface area contributed by atoms with E-state index in [1.807, 2.05) is 38.1 Å². The van der Waals surface area contributed by atoms with Crippen molar-refractivity contribution in [1.82, 2.24) is 0 Å². The summed E-state index contributed by atoms with van der Waals surface area (Å²) in [6.45, 7) is 3.91. The highest BCUT2D eigenvalue weighted by atomic mass is 16.1. The van der Waals surface area contributed by atoms with Gasteiger partial charge in [0.1, 0.15) is 0 Å². The van der Waals surface area contributed by atoms with Gasteiger partial charge in [0, 0.05) is 11.1 Å². The average molecular weight is 158 g/mol. The first-order valence-electron chi connectivity index (χ1n) is 4.03. The lowest BCUT2D eigenvalue weighted by molar-refractivity contribution is 1.47. The fraction of sp³-hybridized carbons (Fsp3) is 0.182. The molecule has 0 saturated carbocycles. The Morgan fingerprint density at radius 3 is 2.33 bits per heavy atom. The third-order valence-corrected chi connectivity index (χ3v) is 2.19. The third-order valence-electron chi connectivity index (χ3n) is 2.19. The van der Waals surface area contributed by atoms with E-state index in [0.717, 1.165) is 16.7 Å². The van der Waals surface area contributed by atoms with Gasteiger partial charge in [0.25, 0.3) is 0 Å². The molecule has 0 saturated heterocycles. The van der Waals surface area contributed by atoms with Crippen molar-refractivity contribution in [2.45, 2.75) is 13.8 Å². The van der Waals surface area contributed by atoms with Crippen molar-refractivity contribution in [1.29, 1.82) is 0 Å². The zero-order valence-corrected chi connectivity index (χ0v) is 7.22. The van der Waals surface area contributed by atoms with Crippen LogP contribution in [0.2, 0.25) is 0 Å². The van der Waals surface area contributed by atoms with Crippen LogP contribution < -0.4 is 5.43 Å². The fourth-order valence-corrected chi connectivity index (χ4v) is 1.41. The van der Waals surface area contributed by atoms with Gasteiger partial charge in [-0.2, -0.15) is 0 Å². The lowest BCUT2D eigenvalue weighted by Gasteiger charge is -1.93. The predicted molar refractivity (Wildman–Crippen MR) is 50.0 cm³/mol. The monoisotopic (exact) mass is 158 g/mol. The Labute approximate surface area is 71.3 Å². The molecule has 0 radical (unpaired) electrons. The first-order chi connectivity index (χ1) is 5.70. The zero-order valence-electron chi connectivity index (χ0n) is 7.22. The summed E-state index contributed by atoms with van der Waals surface area (Å²) in [7, 11) is 0. The smallest absolute Gasteiger partial charge is 0.190 e. The molecule has 0 unspecified atom stereocenters. The average Bonchev–Trinajstić information content (AvgIpc) is 2.60. The molecule has 1 heteroatoms. The standard InChI is InChI=1S/C11H10O/c1-7-4-3-5-9(6-7)10-8(2)11(10)12/h3-6H,1-2H3. The fourth-order valence-electron chi connectivity index (χ4n) is 1.41. The lowest BCUT2D eigenvalue weighted by atomic mass is 10.1. The summed E-state index contributed by atoms with van der Waals surface area (Å²) in [5, 5.41) is 0. The van der Waals surface area contributed by atoms with E-state index in [9.17, 15) is 4.79 Å². The van der Waals surface area contributed by atoms with E-state index >= 15 is 0 Å². The number of hydrogen-bond donors (Lipinski definition) is 0. The molecule has 2 aromatic rings. The Morgan fingerprint density at radius 2 is 1.83 bits per heavy atom. The molecule has 0 atom stereocenters.